The topological polar surface area (TPSA) is 111 Å². The molecule has 3 amide bonds. The van der Waals surface area contributed by atoms with E-state index in [0.717, 1.165) is 86.2 Å². The Labute approximate surface area is 299 Å². The molecule has 0 saturated carbocycles. The van der Waals surface area contributed by atoms with E-state index in [0.29, 0.717) is 30.6 Å². The summed E-state index contributed by atoms with van der Waals surface area (Å²) in [7, 11) is 0. The van der Waals surface area contributed by atoms with E-state index in [9.17, 15) is 14.4 Å². The van der Waals surface area contributed by atoms with Crippen molar-refractivity contribution in [2.75, 3.05) is 26.2 Å². The predicted octanol–water partition coefficient (Wildman–Crippen LogP) is 5.12. The summed E-state index contributed by atoms with van der Waals surface area (Å²) in [6, 6.07) is 22.2. The van der Waals surface area contributed by atoms with Crippen molar-refractivity contribution in [2.24, 2.45) is 5.73 Å². The largest absolute Gasteiger partial charge is 0.327 e. The number of hydrogen-bond acceptors (Lipinski definition) is 7. The van der Waals surface area contributed by atoms with Crippen LogP contribution in [0.2, 0.25) is 10.0 Å². The minimum Gasteiger partial charge on any atom is -0.327 e. The highest BCUT2D eigenvalue weighted by atomic mass is 35.5. The maximum absolute atomic E-state index is 12.9. The zero-order chi connectivity index (χ0) is 34.3. The molecule has 9 nitrogen and oxygen atoms in total. The molecule has 0 aromatic heterocycles. The number of nitrogens with zero attached hydrogens (tertiary/aromatic N) is 3. The first kappa shape index (κ1) is 35.5. The first-order chi connectivity index (χ1) is 23.7. The van der Waals surface area contributed by atoms with Gasteiger partial charge in [-0.3, -0.25) is 29.5 Å². The van der Waals surface area contributed by atoms with Gasteiger partial charge in [0.25, 0.3) is 5.91 Å². The summed E-state index contributed by atoms with van der Waals surface area (Å²) in [4.78, 5) is 43.1. The number of fused-ring (bicyclic) bond motifs is 1. The summed E-state index contributed by atoms with van der Waals surface area (Å²) in [5.74, 6) is -0.776. The number of halogens is 2. The quantitative estimate of drug-likeness (QED) is 0.279. The van der Waals surface area contributed by atoms with Crippen LogP contribution >= 0.6 is 23.2 Å². The second-order valence-corrected chi connectivity index (χ2v) is 14.6. The molecule has 4 aliphatic heterocycles. The van der Waals surface area contributed by atoms with Crippen LogP contribution in [0.3, 0.4) is 0 Å². The molecule has 4 aliphatic rings. The highest BCUT2D eigenvalue weighted by Crippen LogP contribution is 2.28. The van der Waals surface area contributed by atoms with Crippen molar-refractivity contribution >= 4 is 40.9 Å². The van der Waals surface area contributed by atoms with Gasteiger partial charge in [-0.05, 0) is 97.8 Å². The number of piperidine rings is 3. The molecule has 3 saturated heterocycles. The van der Waals surface area contributed by atoms with Crippen molar-refractivity contribution in [3.05, 3.63) is 105 Å². The van der Waals surface area contributed by atoms with Gasteiger partial charge in [-0.25, -0.2) is 0 Å². The summed E-state index contributed by atoms with van der Waals surface area (Å²) in [5.41, 5.74) is 11.3. The lowest BCUT2D eigenvalue weighted by Gasteiger charge is -2.33. The van der Waals surface area contributed by atoms with Crippen LogP contribution in [-0.2, 0) is 35.8 Å². The maximum atomic E-state index is 12.9. The SMILES string of the molecule is NC1CCCN(Cc2ccc(Cl)cc2)C1.O=C1CCC(N2Cc3cc(CNC4CCCN(Cc5ccc(Cl)cc5)C4)ccc3C2=O)C(=O)N1. The number of carbonyl (C=O) groups excluding carboxylic acids is 3. The molecule has 0 aliphatic carbocycles. The van der Waals surface area contributed by atoms with Crippen LogP contribution in [0.15, 0.2) is 66.7 Å². The molecule has 0 radical (unpaired) electrons. The summed E-state index contributed by atoms with van der Waals surface area (Å²) in [6.07, 6.45) is 5.33. The van der Waals surface area contributed by atoms with Crippen LogP contribution in [0.4, 0.5) is 0 Å². The van der Waals surface area contributed by atoms with Crippen molar-refractivity contribution in [1.82, 2.24) is 25.3 Å². The fourth-order valence-electron chi connectivity index (χ4n) is 7.30. The molecular weight excluding hydrogens is 659 g/mol. The number of imide groups is 1. The van der Waals surface area contributed by atoms with E-state index < -0.39 is 6.04 Å². The van der Waals surface area contributed by atoms with E-state index in [1.807, 2.05) is 36.4 Å². The number of hydrogen-bond donors (Lipinski definition) is 3. The van der Waals surface area contributed by atoms with E-state index in [1.165, 1.54) is 17.5 Å². The first-order valence-corrected chi connectivity index (χ1v) is 18.1. The maximum Gasteiger partial charge on any atom is 0.255 e. The molecule has 3 unspecified atom stereocenters. The second kappa shape index (κ2) is 16.6. The zero-order valence-electron chi connectivity index (χ0n) is 27.9. The molecule has 3 aromatic carbocycles. The summed E-state index contributed by atoms with van der Waals surface area (Å²) >= 11 is 11.8. The number of benzene rings is 3. The average Bonchev–Trinajstić information content (AvgIpc) is 3.41. The Kier molecular flexibility index (Phi) is 12.0. The lowest BCUT2D eigenvalue weighted by Crippen LogP contribution is -2.52. The molecule has 7 rings (SSSR count). The van der Waals surface area contributed by atoms with Gasteiger partial charge >= 0.3 is 0 Å². The first-order valence-electron chi connectivity index (χ1n) is 17.4. The minimum atomic E-state index is -0.576. The zero-order valence-corrected chi connectivity index (χ0v) is 29.4. The molecular formula is C38H46Cl2N6O3. The van der Waals surface area contributed by atoms with E-state index in [-0.39, 0.29) is 24.1 Å². The Hall–Kier alpha value is -3.31. The molecule has 4 N–H and O–H groups in total. The van der Waals surface area contributed by atoms with Gasteiger partial charge in [-0.15, -0.1) is 0 Å². The van der Waals surface area contributed by atoms with Gasteiger partial charge in [0.15, 0.2) is 0 Å². The van der Waals surface area contributed by atoms with E-state index in [4.69, 9.17) is 28.9 Å². The standard InChI is InChI=1S/C26H29ClN4O3.C12H17ClN2/c27-20-6-3-17(4-7-20)14-30-11-1-2-21(16-30)28-13-18-5-8-22-19(12-18)15-31(26(22)34)23-9-10-24(32)29-25(23)33;13-11-5-3-10(4-6-11)8-15-7-1-2-12(14)9-15/h3-8,12,21,23,28H,1-2,9-11,13-16H2,(H,29,32,33);3-6,12H,1-2,7-9,14H2. The second-order valence-electron chi connectivity index (χ2n) is 13.7. The number of nitrogens with two attached hydrogens (primary N) is 1. The molecule has 260 valence electrons. The molecule has 0 bridgehead atoms. The fourth-order valence-corrected chi connectivity index (χ4v) is 7.55. The van der Waals surface area contributed by atoms with Crippen LogP contribution < -0.4 is 16.4 Å². The lowest BCUT2D eigenvalue weighted by molar-refractivity contribution is -0.136. The predicted molar refractivity (Wildman–Crippen MR) is 193 cm³/mol. The molecule has 11 heteroatoms. The van der Waals surface area contributed by atoms with Crippen molar-refractivity contribution < 1.29 is 14.4 Å². The summed E-state index contributed by atoms with van der Waals surface area (Å²) in [5, 5.41) is 7.60. The van der Waals surface area contributed by atoms with Crippen molar-refractivity contribution in [1.29, 1.82) is 0 Å². The van der Waals surface area contributed by atoms with Crippen LogP contribution in [-0.4, -0.2) is 76.7 Å². The molecule has 49 heavy (non-hydrogen) atoms. The highest BCUT2D eigenvalue weighted by molar-refractivity contribution is 6.30. The van der Waals surface area contributed by atoms with Crippen LogP contribution in [0.5, 0.6) is 0 Å². The van der Waals surface area contributed by atoms with Crippen molar-refractivity contribution in [3.63, 3.8) is 0 Å². The van der Waals surface area contributed by atoms with E-state index in [2.05, 4.69) is 50.8 Å². The molecule has 3 aromatic rings. The van der Waals surface area contributed by atoms with Gasteiger partial charge in [0, 0.05) is 73.4 Å². The molecule has 0 spiro atoms. The molecule has 3 atom stereocenters. The number of rotatable bonds is 8. The lowest BCUT2D eigenvalue weighted by atomic mass is 10.0. The van der Waals surface area contributed by atoms with Gasteiger partial charge in [0.2, 0.25) is 11.8 Å². The number of carbonyl (C=O) groups is 3. The average molecular weight is 706 g/mol. The molecule has 4 heterocycles. The van der Waals surface area contributed by atoms with E-state index in [1.54, 1.807) is 4.90 Å². The van der Waals surface area contributed by atoms with Crippen molar-refractivity contribution in [2.45, 2.75) is 82.8 Å². The van der Waals surface area contributed by atoms with Gasteiger partial charge < -0.3 is 16.0 Å². The monoisotopic (exact) mass is 704 g/mol. The van der Waals surface area contributed by atoms with Gasteiger partial charge in [-0.2, -0.15) is 0 Å². The van der Waals surface area contributed by atoms with Gasteiger partial charge in [0.1, 0.15) is 6.04 Å². The van der Waals surface area contributed by atoms with Crippen LogP contribution in [0.25, 0.3) is 0 Å². The Balaban J connectivity index is 0.000000232. The third-order valence-corrected chi connectivity index (χ3v) is 10.4. The Morgan fingerprint density at radius 2 is 1.39 bits per heavy atom. The molecule has 3 fully saturated rings. The minimum absolute atomic E-state index is 0.130. The van der Waals surface area contributed by atoms with Gasteiger partial charge in [0.05, 0.1) is 0 Å². The number of nitrogens with one attached hydrogen (secondary N) is 2. The smallest absolute Gasteiger partial charge is 0.255 e. The normalized spacial score (nSPS) is 23.1. The number of likely N-dealkylation sites (tertiary alicyclic amines) is 2. The van der Waals surface area contributed by atoms with Crippen molar-refractivity contribution in [3.8, 4) is 0 Å². The third kappa shape index (κ3) is 9.69. The Morgan fingerprint density at radius 1 is 0.776 bits per heavy atom. The van der Waals surface area contributed by atoms with Crippen LogP contribution in [0, 0.1) is 0 Å². The summed E-state index contributed by atoms with van der Waals surface area (Å²) < 4.78 is 0. The fraction of sp³-hybridized carbons (Fsp3) is 0.447. The third-order valence-electron chi connectivity index (χ3n) is 9.87. The van der Waals surface area contributed by atoms with Gasteiger partial charge in [-0.1, -0.05) is 59.6 Å². The van der Waals surface area contributed by atoms with Crippen LogP contribution in [0.1, 0.15) is 71.1 Å². The summed E-state index contributed by atoms with van der Waals surface area (Å²) in [6.45, 7) is 7.33. The Morgan fingerprint density at radius 3 is 2.02 bits per heavy atom. The highest BCUT2D eigenvalue weighted by Gasteiger charge is 2.39. The number of amides is 3. The van der Waals surface area contributed by atoms with E-state index >= 15 is 0 Å². The Bertz CT molecular complexity index is 1620.